The molecular formula is C20H28ClN3O3. The average molecular weight is 394 g/mol. The number of likely N-dealkylation sites (tertiary alicyclic amines) is 1. The summed E-state index contributed by atoms with van der Waals surface area (Å²) in [5, 5.41) is 3.42. The molecule has 1 unspecified atom stereocenters. The smallest absolute Gasteiger partial charge is 0.410 e. The maximum atomic E-state index is 12.2. The normalized spacial score (nSPS) is 21.5. The van der Waals surface area contributed by atoms with Crippen LogP contribution in [0.25, 0.3) is 0 Å². The molecule has 2 amide bonds. The van der Waals surface area contributed by atoms with E-state index in [2.05, 4.69) is 5.32 Å². The number of hydrogen-bond donors (Lipinski definition) is 1. The third kappa shape index (κ3) is 5.06. The van der Waals surface area contributed by atoms with Crippen molar-refractivity contribution in [2.45, 2.75) is 57.1 Å². The first-order valence-electron chi connectivity index (χ1n) is 9.51. The second-order valence-electron chi connectivity index (χ2n) is 8.21. The van der Waals surface area contributed by atoms with Crippen molar-refractivity contribution in [3.05, 3.63) is 24.3 Å². The van der Waals surface area contributed by atoms with Crippen LogP contribution in [0.1, 0.15) is 40.0 Å². The first-order valence-corrected chi connectivity index (χ1v) is 9.94. The SMILES string of the molecule is CC(C)(C)OC(=O)N1CCC(Nc2ccccc2N2CC(Cl)CC2=O)CC1. The number of halogens is 1. The number of amides is 2. The van der Waals surface area contributed by atoms with Gasteiger partial charge in [0.15, 0.2) is 0 Å². The van der Waals surface area contributed by atoms with Gasteiger partial charge in [-0.2, -0.15) is 0 Å². The third-order valence-electron chi connectivity index (χ3n) is 4.78. The topological polar surface area (TPSA) is 61.9 Å². The highest BCUT2D eigenvalue weighted by atomic mass is 35.5. The van der Waals surface area contributed by atoms with Gasteiger partial charge in [0.05, 0.1) is 16.8 Å². The van der Waals surface area contributed by atoms with Crippen LogP contribution in [0.2, 0.25) is 0 Å². The molecule has 6 nitrogen and oxygen atoms in total. The van der Waals surface area contributed by atoms with Crippen LogP contribution < -0.4 is 10.2 Å². The average Bonchev–Trinajstić information content (AvgIpc) is 2.93. The highest BCUT2D eigenvalue weighted by Crippen LogP contribution is 2.32. The number of benzene rings is 1. The van der Waals surface area contributed by atoms with E-state index in [1.807, 2.05) is 45.0 Å². The van der Waals surface area contributed by atoms with Gasteiger partial charge in [0.25, 0.3) is 0 Å². The molecule has 7 heteroatoms. The summed E-state index contributed by atoms with van der Waals surface area (Å²) in [6.07, 6.45) is 1.79. The number of rotatable bonds is 3. The molecule has 0 saturated carbocycles. The van der Waals surface area contributed by atoms with Crippen molar-refractivity contribution >= 4 is 35.0 Å². The highest BCUT2D eigenvalue weighted by molar-refractivity contribution is 6.24. The van der Waals surface area contributed by atoms with Gasteiger partial charge in [0.1, 0.15) is 5.60 Å². The monoisotopic (exact) mass is 393 g/mol. The van der Waals surface area contributed by atoms with Gasteiger partial charge in [-0.3, -0.25) is 4.79 Å². The van der Waals surface area contributed by atoms with Gasteiger partial charge in [-0.15, -0.1) is 11.6 Å². The molecule has 1 atom stereocenters. The lowest BCUT2D eigenvalue weighted by Gasteiger charge is -2.34. The fraction of sp³-hybridized carbons (Fsp3) is 0.600. The Morgan fingerprint density at radius 1 is 1.22 bits per heavy atom. The number of carbonyl (C=O) groups is 2. The lowest BCUT2D eigenvalue weighted by molar-refractivity contribution is -0.117. The van der Waals surface area contributed by atoms with Gasteiger partial charge in [0, 0.05) is 32.1 Å². The zero-order chi connectivity index (χ0) is 19.6. The predicted molar refractivity (Wildman–Crippen MR) is 108 cm³/mol. The molecule has 2 heterocycles. The molecule has 0 aromatic heterocycles. The lowest BCUT2D eigenvalue weighted by Crippen LogP contribution is -2.44. The molecule has 0 spiro atoms. The van der Waals surface area contributed by atoms with Crippen molar-refractivity contribution in [3.8, 4) is 0 Å². The molecular weight excluding hydrogens is 366 g/mol. The van der Waals surface area contributed by atoms with Crippen LogP contribution in [0.15, 0.2) is 24.3 Å². The van der Waals surface area contributed by atoms with Crippen molar-refractivity contribution in [3.63, 3.8) is 0 Å². The Labute approximate surface area is 165 Å². The van der Waals surface area contributed by atoms with Gasteiger partial charge < -0.3 is 19.9 Å². The number of para-hydroxylation sites is 2. The second-order valence-corrected chi connectivity index (χ2v) is 8.83. The fourth-order valence-corrected chi connectivity index (χ4v) is 3.75. The first kappa shape index (κ1) is 19.8. The molecule has 0 aliphatic carbocycles. The van der Waals surface area contributed by atoms with Crippen LogP contribution in [-0.2, 0) is 9.53 Å². The molecule has 2 aliphatic heterocycles. The number of carbonyl (C=O) groups excluding carboxylic acids is 2. The van der Waals surface area contributed by atoms with E-state index in [4.69, 9.17) is 16.3 Å². The Bertz CT molecular complexity index is 696. The van der Waals surface area contributed by atoms with Crippen LogP contribution in [-0.4, -0.2) is 53.6 Å². The lowest BCUT2D eigenvalue weighted by atomic mass is 10.0. The minimum absolute atomic E-state index is 0.0593. The fourth-order valence-electron chi connectivity index (χ4n) is 3.48. The van der Waals surface area contributed by atoms with E-state index < -0.39 is 5.60 Å². The standard InChI is InChI=1S/C20H28ClN3O3/c1-20(2,3)27-19(26)23-10-8-15(9-11-23)22-16-6-4-5-7-17(16)24-13-14(21)12-18(24)25/h4-7,14-15,22H,8-13H2,1-3H3. The van der Waals surface area contributed by atoms with Crippen molar-refractivity contribution in [2.75, 3.05) is 29.9 Å². The molecule has 27 heavy (non-hydrogen) atoms. The Morgan fingerprint density at radius 2 is 1.89 bits per heavy atom. The Morgan fingerprint density at radius 3 is 2.48 bits per heavy atom. The molecule has 1 aromatic carbocycles. The number of nitrogens with zero attached hydrogens (tertiary/aromatic N) is 2. The molecule has 3 rings (SSSR count). The van der Waals surface area contributed by atoms with Gasteiger partial charge in [-0.25, -0.2) is 4.79 Å². The summed E-state index contributed by atoms with van der Waals surface area (Å²) < 4.78 is 5.45. The quantitative estimate of drug-likeness (QED) is 0.792. The van der Waals surface area contributed by atoms with E-state index in [-0.39, 0.29) is 23.4 Å². The Balaban J connectivity index is 1.60. The number of nitrogens with one attached hydrogen (secondary N) is 1. The van der Waals surface area contributed by atoms with Gasteiger partial charge in [-0.05, 0) is 45.7 Å². The summed E-state index contributed by atoms with van der Waals surface area (Å²) in [6.45, 7) is 7.47. The molecule has 2 aliphatic rings. The highest BCUT2D eigenvalue weighted by Gasteiger charge is 2.31. The van der Waals surface area contributed by atoms with Gasteiger partial charge in [-0.1, -0.05) is 12.1 Å². The van der Waals surface area contributed by atoms with Crippen molar-refractivity contribution in [2.24, 2.45) is 0 Å². The number of ether oxygens (including phenoxy) is 1. The van der Waals surface area contributed by atoms with Gasteiger partial charge in [0.2, 0.25) is 5.91 Å². The third-order valence-corrected chi connectivity index (χ3v) is 5.07. The van der Waals surface area contributed by atoms with Crippen LogP contribution in [0.4, 0.5) is 16.2 Å². The van der Waals surface area contributed by atoms with E-state index >= 15 is 0 Å². The summed E-state index contributed by atoms with van der Waals surface area (Å²) in [5.74, 6) is 0.0593. The summed E-state index contributed by atoms with van der Waals surface area (Å²) in [4.78, 5) is 27.9. The second kappa shape index (κ2) is 7.97. The van der Waals surface area contributed by atoms with Crippen LogP contribution in [0.5, 0.6) is 0 Å². The summed E-state index contributed by atoms with van der Waals surface area (Å²) in [5.41, 5.74) is 1.33. The van der Waals surface area contributed by atoms with Crippen LogP contribution >= 0.6 is 11.6 Å². The van der Waals surface area contributed by atoms with Crippen molar-refractivity contribution in [1.82, 2.24) is 4.90 Å². The Hall–Kier alpha value is -1.95. The van der Waals surface area contributed by atoms with E-state index in [1.54, 1.807) is 9.80 Å². The van der Waals surface area contributed by atoms with Crippen LogP contribution in [0, 0.1) is 0 Å². The van der Waals surface area contributed by atoms with Gasteiger partial charge >= 0.3 is 6.09 Å². The molecule has 1 aromatic rings. The minimum atomic E-state index is -0.479. The van der Waals surface area contributed by atoms with E-state index in [1.165, 1.54) is 0 Å². The zero-order valence-corrected chi connectivity index (χ0v) is 17.0. The minimum Gasteiger partial charge on any atom is -0.444 e. The zero-order valence-electron chi connectivity index (χ0n) is 16.2. The summed E-state index contributed by atoms with van der Waals surface area (Å²) in [7, 11) is 0. The van der Waals surface area contributed by atoms with E-state index in [0.717, 1.165) is 24.2 Å². The van der Waals surface area contributed by atoms with E-state index in [0.29, 0.717) is 26.1 Å². The molecule has 1 N–H and O–H groups in total. The van der Waals surface area contributed by atoms with Crippen molar-refractivity contribution in [1.29, 1.82) is 0 Å². The summed E-state index contributed by atoms with van der Waals surface area (Å²) in [6, 6.07) is 8.07. The Kier molecular flexibility index (Phi) is 5.84. The maximum Gasteiger partial charge on any atom is 0.410 e. The largest absolute Gasteiger partial charge is 0.444 e. The van der Waals surface area contributed by atoms with E-state index in [9.17, 15) is 9.59 Å². The van der Waals surface area contributed by atoms with Crippen LogP contribution in [0.3, 0.4) is 0 Å². The molecule has 0 radical (unpaired) electrons. The number of alkyl halides is 1. The molecule has 2 fully saturated rings. The van der Waals surface area contributed by atoms with Crippen molar-refractivity contribution < 1.29 is 14.3 Å². The summed E-state index contributed by atoms with van der Waals surface area (Å²) >= 11 is 6.16. The number of hydrogen-bond acceptors (Lipinski definition) is 4. The number of anilines is 2. The molecule has 2 saturated heterocycles. The molecule has 0 bridgehead atoms. The predicted octanol–water partition coefficient (Wildman–Crippen LogP) is 3.84. The maximum absolute atomic E-state index is 12.2. The molecule has 148 valence electrons. The number of piperidine rings is 1. The first-order chi connectivity index (χ1) is 12.7.